The minimum absolute atomic E-state index is 0.582. The van der Waals surface area contributed by atoms with Crippen molar-refractivity contribution in [2.24, 2.45) is 4.99 Å². The summed E-state index contributed by atoms with van der Waals surface area (Å²) >= 11 is 1.40. The molecule has 0 aliphatic heterocycles. The van der Waals surface area contributed by atoms with E-state index in [0.717, 1.165) is 27.8 Å². The van der Waals surface area contributed by atoms with Crippen LogP contribution in [0.1, 0.15) is 11.1 Å². The quantitative estimate of drug-likeness (QED) is 0.357. The van der Waals surface area contributed by atoms with E-state index >= 15 is 0 Å². The minimum atomic E-state index is 0.582. The average Bonchev–Trinajstić information content (AvgIpc) is 2.83. The van der Waals surface area contributed by atoms with Crippen LogP contribution in [0.3, 0.4) is 0 Å². The molecule has 2 N–H and O–H groups in total. The van der Waals surface area contributed by atoms with E-state index in [0.29, 0.717) is 5.17 Å². The third-order valence-electron chi connectivity index (χ3n) is 2.83. The Hall–Kier alpha value is -2.00. The van der Waals surface area contributed by atoms with E-state index in [1.807, 2.05) is 32.4 Å². The Balaban J connectivity index is 2.57. The second kappa shape index (κ2) is 5.10. The highest BCUT2D eigenvalue weighted by Crippen LogP contribution is 2.28. The van der Waals surface area contributed by atoms with Crippen molar-refractivity contribution in [2.75, 3.05) is 6.26 Å². The molecule has 0 aliphatic carbocycles. The van der Waals surface area contributed by atoms with E-state index < -0.39 is 0 Å². The van der Waals surface area contributed by atoms with Gasteiger partial charge in [-0.2, -0.15) is 5.26 Å². The van der Waals surface area contributed by atoms with Gasteiger partial charge in [-0.3, -0.25) is 5.32 Å². The van der Waals surface area contributed by atoms with E-state index in [9.17, 15) is 0 Å². The molecule has 0 fully saturated rings. The zero-order valence-corrected chi connectivity index (χ0v) is 11.2. The highest BCUT2D eigenvalue weighted by Gasteiger charge is 2.09. The van der Waals surface area contributed by atoms with Crippen LogP contribution in [0.25, 0.3) is 11.0 Å². The van der Waals surface area contributed by atoms with Crippen LogP contribution in [0.2, 0.25) is 0 Å². The zero-order chi connectivity index (χ0) is 13.1. The van der Waals surface area contributed by atoms with E-state index in [1.54, 1.807) is 6.33 Å². The second-order valence-electron chi connectivity index (χ2n) is 3.80. The largest absolute Gasteiger partial charge is 0.345 e. The summed E-state index contributed by atoms with van der Waals surface area (Å²) in [5.41, 5.74) is 4.93. The van der Waals surface area contributed by atoms with Crippen molar-refractivity contribution >= 4 is 33.7 Å². The Morgan fingerprint density at radius 1 is 1.50 bits per heavy atom. The average molecular weight is 259 g/mol. The van der Waals surface area contributed by atoms with Gasteiger partial charge < -0.3 is 4.98 Å². The summed E-state index contributed by atoms with van der Waals surface area (Å²) in [6.07, 6.45) is 5.43. The molecule has 0 saturated heterocycles. The summed E-state index contributed by atoms with van der Waals surface area (Å²) in [4.78, 5) is 11.8. The number of nitrogens with zero attached hydrogens (tertiary/aromatic N) is 3. The van der Waals surface area contributed by atoms with Crippen molar-refractivity contribution < 1.29 is 0 Å². The predicted molar refractivity (Wildman–Crippen MR) is 74.9 cm³/mol. The molecule has 6 heteroatoms. The van der Waals surface area contributed by atoms with E-state index in [2.05, 4.69) is 20.3 Å². The van der Waals surface area contributed by atoms with Gasteiger partial charge in [-0.15, -0.1) is 0 Å². The molecule has 0 unspecified atom stereocenters. The maximum atomic E-state index is 8.64. The number of aliphatic imine (C=N–C) groups is 1. The van der Waals surface area contributed by atoms with Crippen molar-refractivity contribution in [2.45, 2.75) is 13.8 Å². The first-order chi connectivity index (χ1) is 8.67. The number of aryl methyl sites for hydroxylation is 1. The van der Waals surface area contributed by atoms with Gasteiger partial charge in [0.2, 0.25) is 0 Å². The van der Waals surface area contributed by atoms with Crippen molar-refractivity contribution in [1.82, 2.24) is 15.3 Å². The Bertz CT molecular complexity index is 650. The molecule has 2 aromatic rings. The lowest BCUT2D eigenvalue weighted by Crippen LogP contribution is -2.12. The third kappa shape index (κ3) is 2.17. The SMILES string of the molecule is CSC(=Nc1cc2[nH]cnc2c(C)c1C)NC#N. The highest BCUT2D eigenvalue weighted by atomic mass is 32.2. The zero-order valence-electron chi connectivity index (χ0n) is 10.4. The maximum absolute atomic E-state index is 8.64. The summed E-state index contributed by atoms with van der Waals surface area (Å²) in [6, 6.07) is 1.94. The Morgan fingerprint density at radius 3 is 2.94 bits per heavy atom. The number of aromatic nitrogens is 2. The van der Waals surface area contributed by atoms with Crippen molar-refractivity contribution in [3.63, 3.8) is 0 Å². The number of benzene rings is 1. The van der Waals surface area contributed by atoms with Gasteiger partial charge in [0.25, 0.3) is 0 Å². The second-order valence-corrected chi connectivity index (χ2v) is 4.60. The maximum Gasteiger partial charge on any atom is 0.183 e. The number of thioether (sulfide) groups is 1. The molecule has 0 aliphatic rings. The lowest BCUT2D eigenvalue weighted by molar-refractivity contribution is 1.26. The topological polar surface area (TPSA) is 76.9 Å². The first-order valence-corrected chi connectivity index (χ1v) is 6.61. The van der Waals surface area contributed by atoms with Gasteiger partial charge in [-0.05, 0) is 37.3 Å². The van der Waals surface area contributed by atoms with Crippen molar-refractivity contribution in [3.8, 4) is 6.19 Å². The third-order valence-corrected chi connectivity index (χ3v) is 3.41. The number of hydrogen-bond donors (Lipinski definition) is 2. The predicted octanol–water partition coefficient (Wildman–Crippen LogP) is 2.60. The molecule has 0 bridgehead atoms. The van der Waals surface area contributed by atoms with Crippen molar-refractivity contribution in [3.05, 3.63) is 23.5 Å². The number of H-pyrrole nitrogens is 1. The van der Waals surface area contributed by atoms with Crippen LogP contribution in [0.5, 0.6) is 0 Å². The number of rotatable bonds is 1. The fraction of sp³-hybridized carbons (Fsp3) is 0.250. The molecule has 0 saturated carbocycles. The van der Waals surface area contributed by atoms with E-state index in [-0.39, 0.29) is 0 Å². The van der Waals surface area contributed by atoms with Gasteiger partial charge in [0.1, 0.15) is 0 Å². The first kappa shape index (κ1) is 12.5. The van der Waals surface area contributed by atoms with Crippen LogP contribution < -0.4 is 5.32 Å². The molecule has 0 radical (unpaired) electrons. The highest BCUT2D eigenvalue weighted by molar-refractivity contribution is 8.13. The van der Waals surface area contributed by atoms with E-state index in [1.165, 1.54) is 11.8 Å². The van der Waals surface area contributed by atoms with Gasteiger partial charge in [-0.25, -0.2) is 9.98 Å². The summed E-state index contributed by atoms with van der Waals surface area (Å²) in [7, 11) is 0. The Kier molecular flexibility index (Phi) is 3.53. The molecule has 18 heavy (non-hydrogen) atoms. The molecule has 0 spiro atoms. The number of amidine groups is 1. The fourth-order valence-electron chi connectivity index (χ4n) is 1.73. The Morgan fingerprint density at radius 2 is 2.28 bits per heavy atom. The molecule has 1 aromatic heterocycles. The van der Waals surface area contributed by atoms with Crippen LogP contribution in [0.4, 0.5) is 5.69 Å². The van der Waals surface area contributed by atoms with Crippen LogP contribution in [-0.2, 0) is 0 Å². The van der Waals surface area contributed by atoms with Gasteiger partial charge in [0.05, 0.1) is 23.0 Å². The van der Waals surface area contributed by atoms with Gasteiger partial charge in [-0.1, -0.05) is 11.8 Å². The van der Waals surface area contributed by atoms with Gasteiger partial charge in [0, 0.05) is 0 Å². The molecular formula is C12H13N5S. The molecule has 92 valence electrons. The molecule has 1 aromatic carbocycles. The summed E-state index contributed by atoms with van der Waals surface area (Å²) in [5, 5.41) is 11.8. The number of hydrogen-bond acceptors (Lipinski definition) is 4. The standard InChI is InChI=1S/C12H13N5S/c1-7-8(2)11-10(15-6-16-11)4-9(7)17-12(18-3)14-5-13/h4,6H,1-3H3,(H,14,17)(H,15,16). The summed E-state index contributed by atoms with van der Waals surface area (Å²) in [5.74, 6) is 0. The summed E-state index contributed by atoms with van der Waals surface area (Å²) < 4.78 is 0. The monoisotopic (exact) mass is 259 g/mol. The molecule has 0 atom stereocenters. The lowest BCUT2D eigenvalue weighted by atomic mass is 10.1. The number of fused-ring (bicyclic) bond motifs is 1. The number of nitriles is 1. The van der Waals surface area contributed by atoms with Crippen LogP contribution in [-0.4, -0.2) is 21.4 Å². The molecule has 0 amide bonds. The van der Waals surface area contributed by atoms with E-state index in [4.69, 9.17) is 5.26 Å². The van der Waals surface area contributed by atoms with Crippen LogP contribution in [0.15, 0.2) is 17.4 Å². The normalized spacial score (nSPS) is 11.6. The molecule has 1 heterocycles. The summed E-state index contributed by atoms with van der Waals surface area (Å²) in [6.45, 7) is 4.03. The molecule has 2 rings (SSSR count). The van der Waals surface area contributed by atoms with Gasteiger partial charge >= 0.3 is 0 Å². The van der Waals surface area contributed by atoms with Crippen molar-refractivity contribution in [1.29, 1.82) is 5.26 Å². The fourth-order valence-corrected chi connectivity index (χ4v) is 2.06. The Labute approximate surface area is 109 Å². The number of imidazole rings is 1. The molecule has 5 nitrogen and oxygen atoms in total. The number of aromatic amines is 1. The smallest absolute Gasteiger partial charge is 0.183 e. The first-order valence-electron chi connectivity index (χ1n) is 5.38. The molecular weight excluding hydrogens is 246 g/mol. The van der Waals surface area contributed by atoms with Gasteiger partial charge in [0.15, 0.2) is 11.4 Å². The minimum Gasteiger partial charge on any atom is -0.345 e. The van der Waals surface area contributed by atoms with Crippen LogP contribution >= 0.6 is 11.8 Å². The van der Waals surface area contributed by atoms with Crippen LogP contribution in [0, 0.1) is 25.3 Å². The lowest BCUT2D eigenvalue weighted by Gasteiger charge is -2.07. The number of nitrogens with one attached hydrogen (secondary N) is 2.